The van der Waals surface area contributed by atoms with Crippen LogP contribution < -0.4 is 15.1 Å². The maximum atomic E-state index is 12.0. The van der Waals surface area contributed by atoms with Crippen LogP contribution in [0.25, 0.3) is 0 Å². The van der Waals surface area contributed by atoms with Crippen molar-refractivity contribution in [2.24, 2.45) is 0 Å². The molecule has 0 radical (unpaired) electrons. The molecule has 4 heteroatoms. The Bertz CT molecular complexity index is 739. The highest BCUT2D eigenvalue weighted by molar-refractivity contribution is 5.76. The van der Waals surface area contributed by atoms with Gasteiger partial charge in [-0.1, -0.05) is 37.3 Å². The molecule has 0 unspecified atom stereocenters. The Morgan fingerprint density at radius 3 is 2.58 bits per heavy atom. The van der Waals surface area contributed by atoms with E-state index in [2.05, 4.69) is 63.6 Å². The van der Waals surface area contributed by atoms with Crippen molar-refractivity contribution in [2.45, 2.75) is 32.2 Å². The highest BCUT2D eigenvalue weighted by atomic mass is 16.1. The number of hydrogen-bond donors (Lipinski definition) is 1. The zero-order valence-corrected chi connectivity index (χ0v) is 16.0. The van der Waals surface area contributed by atoms with Crippen molar-refractivity contribution in [3.63, 3.8) is 0 Å². The SMILES string of the molecule is CCCC(=O)NC[C@@H](c1ccc(N(C)C)cc1)N1CCc2ccccc21. The number of carbonyl (C=O) groups excluding carboxylic acids is 1. The molecule has 1 heterocycles. The molecule has 1 aliphatic rings. The molecule has 2 aromatic carbocycles. The first-order valence-electron chi connectivity index (χ1n) is 9.48. The third-order valence-corrected chi connectivity index (χ3v) is 5.06. The number of benzene rings is 2. The summed E-state index contributed by atoms with van der Waals surface area (Å²) in [6.45, 7) is 3.66. The first-order valence-corrected chi connectivity index (χ1v) is 9.48. The Kier molecular flexibility index (Phi) is 5.82. The van der Waals surface area contributed by atoms with Crippen LogP contribution in [0.4, 0.5) is 11.4 Å². The van der Waals surface area contributed by atoms with Crippen molar-refractivity contribution in [1.29, 1.82) is 0 Å². The number of amides is 1. The van der Waals surface area contributed by atoms with Crippen LogP contribution in [0.15, 0.2) is 48.5 Å². The van der Waals surface area contributed by atoms with Gasteiger partial charge >= 0.3 is 0 Å². The molecule has 1 atom stereocenters. The minimum absolute atomic E-state index is 0.134. The fourth-order valence-electron chi connectivity index (χ4n) is 3.62. The van der Waals surface area contributed by atoms with Crippen molar-refractivity contribution in [2.75, 3.05) is 37.0 Å². The smallest absolute Gasteiger partial charge is 0.220 e. The largest absolute Gasteiger partial charge is 0.378 e. The second-order valence-electron chi connectivity index (χ2n) is 7.13. The van der Waals surface area contributed by atoms with Crippen molar-refractivity contribution < 1.29 is 4.79 Å². The van der Waals surface area contributed by atoms with Crippen LogP contribution >= 0.6 is 0 Å². The number of hydrogen-bond acceptors (Lipinski definition) is 3. The molecule has 0 aliphatic carbocycles. The number of carbonyl (C=O) groups is 1. The lowest BCUT2D eigenvalue weighted by Crippen LogP contribution is -2.37. The van der Waals surface area contributed by atoms with Gasteiger partial charge in [0.2, 0.25) is 5.91 Å². The minimum atomic E-state index is 0.134. The lowest BCUT2D eigenvalue weighted by atomic mass is 10.0. The normalized spacial score (nSPS) is 14.0. The molecule has 1 N–H and O–H groups in total. The molecule has 0 fully saturated rings. The summed E-state index contributed by atoms with van der Waals surface area (Å²) in [5.41, 5.74) is 5.11. The van der Waals surface area contributed by atoms with E-state index >= 15 is 0 Å². The molecule has 0 saturated carbocycles. The van der Waals surface area contributed by atoms with Crippen LogP contribution in [0.5, 0.6) is 0 Å². The number of nitrogens with one attached hydrogen (secondary N) is 1. The van der Waals surface area contributed by atoms with Crippen LogP contribution in [0, 0.1) is 0 Å². The van der Waals surface area contributed by atoms with E-state index in [4.69, 9.17) is 0 Å². The van der Waals surface area contributed by atoms with Gasteiger partial charge in [0.25, 0.3) is 0 Å². The molecule has 1 amide bonds. The van der Waals surface area contributed by atoms with Crippen LogP contribution in [0.1, 0.15) is 36.9 Å². The molecule has 0 saturated heterocycles. The summed E-state index contributed by atoms with van der Waals surface area (Å²) in [6, 6.07) is 17.4. The summed E-state index contributed by atoms with van der Waals surface area (Å²) in [7, 11) is 4.10. The van der Waals surface area contributed by atoms with E-state index in [9.17, 15) is 4.79 Å². The Labute approximate surface area is 156 Å². The van der Waals surface area contributed by atoms with Gasteiger partial charge in [-0.2, -0.15) is 0 Å². The van der Waals surface area contributed by atoms with E-state index < -0.39 is 0 Å². The Balaban J connectivity index is 1.86. The Hall–Kier alpha value is -2.49. The van der Waals surface area contributed by atoms with Gasteiger partial charge in [0.15, 0.2) is 0 Å². The zero-order chi connectivity index (χ0) is 18.5. The molecule has 2 aromatic rings. The van der Waals surface area contributed by atoms with E-state index in [0.717, 1.165) is 19.4 Å². The average molecular weight is 351 g/mol. The van der Waals surface area contributed by atoms with Crippen LogP contribution in [0.3, 0.4) is 0 Å². The molecular formula is C22H29N3O. The molecule has 1 aliphatic heterocycles. The third kappa shape index (κ3) is 4.01. The lowest BCUT2D eigenvalue weighted by molar-refractivity contribution is -0.121. The first kappa shape index (κ1) is 18.3. The topological polar surface area (TPSA) is 35.6 Å². The van der Waals surface area contributed by atoms with Crippen LogP contribution in [0.2, 0.25) is 0 Å². The first-order chi connectivity index (χ1) is 12.6. The molecule has 0 spiro atoms. The Morgan fingerprint density at radius 2 is 1.88 bits per heavy atom. The number of nitrogens with zero attached hydrogens (tertiary/aromatic N) is 2. The van der Waals surface area contributed by atoms with Gasteiger partial charge in [-0.15, -0.1) is 0 Å². The summed E-state index contributed by atoms with van der Waals surface area (Å²) in [6.07, 6.45) is 2.52. The van der Waals surface area contributed by atoms with E-state index in [0.29, 0.717) is 13.0 Å². The van der Waals surface area contributed by atoms with Crippen molar-refractivity contribution in [1.82, 2.24) is 5.32 Å². The molecule has 3 rings (SSSR count). The lowest BCUT2D eigenvalue weighted by Gasteiger charge is -2.31. The summed E-state index contributed by atoms with van der Waals surface area (Å²) in [5, 5.41) is 3.14. The number of rotatable bonds is 7. The Morgan fingerprint density at radius 1 is 1.15 bits per heavy atom. The maximum Gasteiger partial charge on any atom is 0.220 e. The fraction of sp³-hybridized carbons (Fsp3) is 0.409. The highest BCUT2D eigenvalue weighted by Gasteiger charge is 2.27. The van der Waals surface area contributed by atoms with Gasteiger partial charge < -0.3 is 15.1 Å². The summed E-state index contributed by atoms with van der Waals surface area (Å²) in [4.78, 5) is 16.6. The van der Waals surface area contributed by atoms with Gasteiger partial charge in [-0.25, -0.2) is 0 Å². The molecule has 26 heavy (non-hydrogen) atoms. The summed E-state index contributed by atoms with van der Waals surface area (Å²) < 4.78 is 0. The van der Waals surface area contributed by atoms with Gasteiger partial charge in [0.1, 0.15) is 0 Å². The second kappa shape index (κ2) is 8.26. The predicted molar refractivity (Wildman–Crippen MR) is 109 cm³/mol. The average Bonchev–Trinajstić information content (AvgIpc) is 3.07. The molecule has 0 aromatic heterocycles. The zero-order valence-electron chi connectivity index (χ0n) is 16.0. The number of anilines is 2. The summed E-state index contributed by atoms with van der Waals surface area (Å²) >= 11 is 0. The van der Waals surface area contributed by atoms with Gasteiger partial charge in [0.05, 0.1) is 6.04 Å². The van der Waals surface area contributed by atoms with Crippen LogP contribution in [-0.4, -0.2) is 33.1 Å². The second-order valence-corrected chi connectivity index (χ2v) is 7.13. The van der Waals surface area contributed by atoms with E-state index in [1.54, 1.807) is 0 Å². The minimum Gasteiger partial charge on any atom is -0.378 e. The van der Waals surface area contributed by atoms with Crippen molar-refractivity contribution >= 4 is 17.3 Å². The highest BCUT2D eigenvalue weighted by Crippen LogP contribution is 2.35. The standard InChI is InChI=1S/C22H29N3O/c1-4-7-22(26)23-16-21(18-10-12-19(13-11-18)24(2)3)25-15-14-17-8-5-6-9-20(17)25/h5-6,8-13,21H,4,7,14-16H2,1-3H3,(H,23,26)/t21-/m0/s1. The predicted octanol–water partition coefficient (Wildman–Crippen LogP) is 3.77. The van der Waals surface area contributed by atoms with Crippen molar-refractivity contribution in [3.05, 3.63) is 59.7 Å². The molecular weight excluding hydrogens is 322 g/mol. The number of fused-ring (bicyclic) bond motifs is 1. The van der Waals surface area contributed by atoms with Crippen molar-refractivity contribution in [3.8, 4) is 0 Å². The summed E-state index contributed by atoms with van der Waals surface area (Å²) in [5.74, 6) is 0.134. The monoisotopic (exact) mass is 351 g/mol. The maximum absolute atomic E-state index is 12.0. The van der Waals surface area contributed by atoms with Gasteiger partial charge in [-0.05, 0) is 42.2 Å². The molecule has 4 nitrogen and oxygen atoms in total. The van der Waals surface area contributed by atoms with E-state index in [-0.39, 0.29) is 11.9 Å². The molecule has 0 bridgehead atoms. The number of para-hydroxylation sites is 1. The van der Waals surface area contributed by atoms with E-state index in [1.807, 2.05) is 21.0 Å². The fourth-order valence-corrected chi connectivity index (χ4v) is 3.62. The van der Waals surface area contributed by atoms with E-state index in [1.165, 1.54) is 22.5 Å². The van der Waals surface area contributed by atoms with Crippen LogP contribution in [-0.2, 0) is 11.2 Å². The van der Waals surface area contributed by atoms with Gasteiger partial charge in [-0.3, -0.25) is 4.79 Å². The molecule has 138 valence electrons. The third-order valence-electron chi connectivity index (χ3n) is 5.06. The quantitative estimate of drug-likeness (QED) is 0.825. The van der Waals surface area contributed by atoms with Gasteiger partial charge in [0, 0.05) is 45.0 Å².